The molecule has 0 amide bonds. The van der Waals surface area contributed by atoms with Crippen molar-refractivity contribution < 1.29 is 9.90 Å². The molecule has 0 spiro atoms. The molecule has 4 nitrogen and oxygen atoms in total. The number of likely N-dealkylation sites (N-methyl/N-ethyl adjacent to an activating group) is 1. The van der Waals surface area contributed by atoms with Crippen molar-refractivity contribution >= 4 is 11.6 Å². The molecule has 1 unspecified atom stereocenters. The molecule has 0 saturated heterocycles. The molecule has 0 aliphatic carbocycles. The van der Waals surface area contributed by atoms with Gasteiger partial charge in [-0.2, -0.15) is 0 Å². The van der Waals surface area contributed by atoms with E-state index in [1.54, 1.807) is 0 Å². The summed E-state index contributed by atoms with van der Waals surface area (Å²) in [5.41, 5.74) is 0. The third kappa shape index (κ3) is 11.3. The van der Waals surface area contributed by atoms with E-state index < -0.39 is 6.10 Å². The van der Waals surface area contributed by atoms with Gasteiger partial charge in [-0.15, -0.1) is 0 Å². The molecule has 0 saturated carbocycles. The van der Waals surface area contributed by atoms with Crippen molar-refractivity contribution in [3.8, 4) is 0 Å². The van der Waals surface area contributed by atoms with Gasteiger partial charge in [0.1, 0.15) is 0 Å². The maximum absolute atomic E-state index is 12.2. The van der Waals surface area contributed by atoms with Crippen LogP contribution in [0.1, 0.15) is 97.3 Å². The lowest BCUT2D eigenvalue weighted by atomic mass is 10.0. The fourth-order valence-corrected chi connectivity index (χ4v) is 3.56. The fourth-order valence-electron chi connectivity index (χ4n) is 3.56. The summed E-state index contributed by atoms with van der Waals surface area (Å²) in [6, 6.07) is 0. The minimum atomic E-state index is -0.525. The second-order valence-electron chi connectivity index (χ2n) is 7.73. The van der Waals surface area contributed by atoms with E-state index in [1.807, 2.05) is 11.8 Å². The average molecular weight is 379 g/mol. The summed E-state index contributed by atoms with van der Waals surface area (Å²) in [5.74, 6) is 0.575. The summed E-state index contributed by atoms with van der Waals surface area (Å²) in [6.45, 7) is 6.64. The third-order valence-electron chi connectivity index (χ3n) is 5.28. The van der Waals surface area contributed by atoms with E-state index >= 15 is 0 Å². The van der Waals surface area contributed by atoms with Crippen molar-refractivity contribution in [2.75, 3.05) is 19.6 Å². The van der Waals surface area contributed by atoms with Gasteiger partial charge in [0.25, 0.3) is 0 Å². The largest absolute Gasteiger partial charge is 0.393 e. The van der Waals surface area contributed by atoms with Gasteiger partial charge in [0.15, 0.2) is 11.6 Å². The number of aliphatic hydroxyl groups is 1. The summed E-state index contributed by atoms with van der Waals surface area (Å²) in [6.07, 6.45) is 18.8. The van der Waals surface area contributed by atoms with Crippen LogP contribution in [-0.4, -0.2) is 47.4 Å². The van der Waals surface area contributed by atoms with E-state index in [9.17, 15) is 9.90 Å². The number of carbonyl (C=O) groups excluding carboxylic acids is 1. The van der Waals surface area contributed by atoms with Gasteiger partial charge in [0.05, 0.1) is 12.6 Å². The maximum atomic E-state index is 12.2. The van der Waals surface area contributed by atoms with E-state index in [1.165, 1.54) is 51.4 Å². The van der Waals surface area contributed by atoms with Crippen LogP contribution in [-0.2, 0) is 4.79 Å². The van der Waals surface area contributed by atoms with Crippen molar-refractivity contribution in [3.05, 3.63) is 12.2 Å². The summed E-state index contributed by atoms with van der Waals surface area (Å²) in [5, 5.41) is 10.1. The number of carbonyl (C=O) groups is 1. The topological polar surface area (TPSA) is 52.9 Å². The monoisotopic (exact) mass is 378 g/mol. The van der Waals surface area contributed by atoms with Crippen LogP contribution in [0.3, 0.4) is 0 Å². The van der Waals surface area contributed by atoms with E-state index in [4.69, 9.17) is 0 Å². The highest BCUT2D eigenvalue weighted by atomic mass is 16.3. The Hall–Kier alpha value is -1.16. The Bertz CT molecular complexity index is 446. The molecule has 1 heterocycles. The van der Waals surface area contributed by atoms with Crippen LogP contribution in [0.4, 0.5) is 0 Å². The molecule has 1 atom stereocenters. The Labute approximate surface area is 167 Å². The van der Waals surface area contributed by atoms with Gasteiger partial charge in [-0.3, -0.25) is 9.79 Å². The number of aliphatic imine (C=N–C) groups is 1. The first-order valence-corrected chi connectivity index (χ1v) is 11.3. The lowest BCUT2D eigenvalue weighted by molar-refractivity contribution is -0.115. The van der Waals surface area contributed by atoms with Gasteiger partial charge in [-0.1, -0.05) is 64.0 Å². The highest BCUT2D eigenvalue weighted by Gasteiger charge is 2.23. The number of rotatable bonds is 17. The number of aliphatic hydroxyl groups excluding tert-OH is 1. The Balaban J connectivity index is 1.95. The SMILES string of the molecule is CCCCCCCCC=CCCCCCC(O)CC(=O)C1=NCCN1CC. The Morgan fingerprint density at radius 3 is 2.33 bits per heavy atom. The van der Waals surface area contributed by atoms with Crippen LogP contribution in [0.2, 0.25) is 0 Å². The first kappa shape index (κ1) is 23.9. The second kappa shape index (κ2) is 15.9. The van der Waals surface area contributed by atoms with Crippen molar-refractivity contribution in [2.24, 2.45) is 4.99 Å². The molecule has 1 rings (SSSR count). The highest BCUT2D eigenvalue weighted by molar-refractivity contribution is 6.39. The smallest absolute Gasteiger partial charge is 0.200 e. The normalized spacial score (nSPS) is 15.5. The molecule has 156 valence electrons. The van der Waals surface area contributed by atoms with Gasteiger partial charge >= 0.3 is 0 Å². The molecule has 0 aromatic rings. The van der Waals surface area contributed by atoms with Crippen molar-refractivity contribution in [3.63, 3.8) is 0 Å². The van der Waals surface area contributed by atoms with Crippen LogP contribution in [0.5, 0.6) is 0 Å². The number of Topliss-reactive ketones (excluding diaryl/α,β-unsaturated/α-hetero) is 1. The molecule has 0 aromatic heterocycles. The Morgan fingerprint density at radius 1 is 1.04 bits per heavy atom. The summed E-state index contributed by atoms with van der Waals surface area (Å²) < 4.78 is 0. The molecule has 1 N–H and O–H groups in total. The first-order chi connectivity index (χ1) is 13.2. The molecule has 0 aromatic carbocycles. The maximum Gasteiger partial charge on any atom is 0.200 e. The van der Waals surface area contributed by atoms with Crippen LogP contribution >= 0.6 is 0 Å². The van der Waals surface area contributed by atoms with E-state index in [0.29, 0.717) is 18.8 Å². The number of unbranched alkanes of at least 4 members (excludes halogenated alkanes) is 9. The quantitative estimate of drug-likeness (QED) is 0.276. The van der Waals surface area contributed by atoms with E-state index in [-0.39, 0.29) is 12.2 Å². The van der Waals surface area contributed by atoms with E-state index in [0.717, 1.165) is 32.4 Å². The van der Waals surface area contributed by atoms with Gasteiger partial charge in [-0.25, -0.2) is 0 Å². The summed E-state index contributed by atoms with van der Waals surface area (Å²) in [4.78, 5) is 18.5. The summed E-state index contributed by atoms with van der Waals surface area (Å²) in [7, 11) is 0. The van der Waals surface area contributed by atoms with Crippen molar-refractivity contribution in [1.29, 1.82) is 0 Å². The zero-order valence-corrected chi connectivity index (χ0v) is 17.8. The summed E-state index contributed by atoms with van der Waals surface area (Å²) >= 11 is 0. The lowest BCUT2D eigenvalue weighted by Gasteiger charge is -2.18. The molecule has 1 aliphatic rings. The third-order valence-corrected chi connectivity index (χ3v) is 5.28. The van der Waals surface area contributed by atoms with Crippen LogP contribution in [0.25, 0.3) is 0 Å². The zero-order chi connectivity index (χ0) is 19.7. The molecule has 27 heavy (non-hydrogen) atoms. The molecule has 4 heteroatoms. The van der Waals surface area contributed by atoms with E-state index in [2.05, 4.69) is 24.1 Å². The predicted octanol–water partition coefficient (Wildman–Crippen LogP) is 5.30. The molecule has 1 aliphatic heterocycles. The minimum Gasteiger partial charge on any atom is -0.393 e. The van der Waals surface area contributed by atoms with Crippen LogP contribution in [0.15, 0.2) is 17.1 Å². The number of nitrogens with zero attached hydrogens (tertiary/aromatic N) is 2. The van der Waals surface area contributed by atoms with Gasteiger partial charge in [-0.05, 0) is 39.0 Å². The highest BCUT2D eigenvalue weighted by Crippen LogP contribution is 2.12. The number of hydrogen-bond acceptors (Lipinski definition) is 4. The fraction of sp³-hybridized carbons (Fsp3) is 0.826. The average Bonchev–Trinajstić information content (AvgIpc) is 3.14. The number of allylic oxidation sites excluding steroid dienone is 2. The molecular weight excluding hydrogens is 336 g/mol. The van der Waals surface area contributed by atoms with Gasteiger partial charge in [0, 0.05) is 19.5 Å². The Kier molecular flexibility index (Phi) is 14.0. The number of hydrogen-bond donors (Lipinski definition) is 1. The van der Waals surface area contributed by atoms with Crippen molar-refractivity contribution in [1.82, 2.24) is 4.90 Å². The molecule has 0 fully saturated rings. The van der Waals surface area contributed by atoms with Gasteiger partial charge < -0.3 is 10.0 Å². The molecule has 0 radical (unpaired) electrons. The number of amidine groups is 1. The van der Waals surface area contributed by atoms with Crippen molar-refractivity contribution in [2.45, 2.75) is 103 Å². The lowest BCUT2D eigenvalue weighted by Crippen LogP contribution is -2.34. The molecular formula is C23H42N2O2. The molecule has 0 bridgehead atoms. The standard InChI is InChI=1S/C23H42N2O2/c1-3-5-6-7-8-9-10-11-12-13-14-15-16-17-21(26)20-22(27)23-24-18-19-25(23)4-2/h11-12,21,26H,3-10,13-20H2,1-2H3. The second-order valence-corrected chi connectivity index (χ2v) is 7.73. The zero-order valence-electron chi connectivity index (χ0n) is 17.8. The predicted molar refractivity (Wildman–Crippen MR) is 115 cm³/mol. The van der Waals surface area contributed by atoms with Gasteiger partial charge in [0.2, 0.25) is 0 Å². The minimum absolute atomic E-state index is 0.000484. The Morgan fingerprint density at radius 2 is 1.67 bits per heavy atom. The van der Waals surface area contributed by atoms with Crippen LogP contribution in [0, 0.1) is 0 Å². The first-order valence-electron chi connectivity index (χ1n) is 11.3. The van der Waals surface area contributed by atoms with Crippen LogP contribution < -0.4 is 0 Å². The number of ketones is 1.